The monoisotopic (exact) mass is 314 g/mol. The molecule has 0 saturated heterocycles. The number of nitrogens with zero attached hydrogens (tertiary/aromatic N) is 2. The molecule has 1 rings (SSSR count). The minimum atomic E-state index is -4.67. The Morgan fingerprint density at radius 1 is 1.33 bits per heavy atom. The highest BCUT2D eigenvalue weighted by Gasteiger charge is 2.32. The van der Waals surface area contributed by atoms with Crippen LogP contribution in [0.25, 0.3) is 0 Å². The quantitative estimate of drug-likeness (QED) is 0.498. The number of benzene rings is 1. The first kappa shape index (κ1) is 17.1. The molecule has 1 N–H and O–H groups in total. The van der Waals surface area contributed by atoms with Crippen molar-refractivity contribution in [3.8, 4) is 0 Å². The summed E-state index contributed by atoms with van der Waals surface area (Å²) in [4.78, 5) is 10.1. The van der Waals surface area contributed by atoms with Gasteiger partial charge < -0.3 is 10.0 Å². The Morgan fingerprint density at radius 2 is 1.95 bits per heavy atom. The average Bonchev–Trinajstić information content (AvgIpc) is 2.35. The number of hydrogen-bond acceptors (Lipinski definition) is 4. The van der Waals surface area contributed by atoms with Gasteiger partial charge in [0, 0.05) is 29.9 Å². The summed E-state index contributed by atoms with van der Waals surface area (Å²) in [6.07, 6.45) is -7.86. The normalized spacial score (nSPS) is 11.8. The van der Waals surface area contributed by atoms with Crippen LogP contribution in [0.5, 0.6) is 0 Å². The van der Waals surface area contributed by atoms with E-state index in [9.17, 15) is 32.1 Å². The van der Waals surface area contributed by atoms with E-state index < -0.39 is 54.2 Å². The highest BCUT2D eigenvalue weighted by atomic mass is 19.4. The third kappa shape index (κ3) is 4.81. The van der Waals surface area contributed by atoms with E-state index in [2.05, 4.69) is 0 Å². The van der Waals surface area contributed by atoms with E-state index in [1.165, 1.54) is 0 Å². The molecule has 0 fully saturated rings. The van der Waals surface area contributed by atoms with Gasteiger partial charge in [-0.25, -0.2) is 8.78 Å². The van der Waals surface area contributed by atoms with Crippen molar-refractivity contribution in [3.05, 3.63) is 33.9 Å². The van der Waals surface area contributed by atoms with Gasteiger partial charge in [0.1, 0.15) is 6.54 Å². The van der Waals surface area contributed by atoms with Gasteiger partial charge in [-0.1, -0.05) is 0 Å². The van der Waals surface area contributed by atoms with Gasteiger partial charge in [0.15, 0.2) is 0 Å². The number of hydrogen-bond donors (Lipinski definition) is 1. The molecule has 0 amide bonds. The minimum Gasteiger partial charge on any atom is -0.395 e. The number of alkyl halides is 5. The van der Waals surface area contributed by atoms with Crippen LogP contribution in [0.15, 0.2) is 18.2 Å². The molecule has 10 heteroatoms. The number of rotatable bonds is 6. The zero-order valence-corrected chi connectivity index (χ0v) is 10.5. The third-order valence-electron chi connectivity index (χ3n) is 2.54. The van der Waals surface area contributed by atoms with Gasteiger partial charge in [-0.3, -0.25) is 10.1 Å². The standard InChI is InChI=1S/C11H11F5N2O3/c12-10(13)8-5-7(18(20)21)1-2-9(8)17(3-4-19)6-11(14,15)16/h1-2,5,10,19H,3-4,6H2. The van der Waals surface area contributed by atoms with Crippen LogP contribution in [-0.4, -0.2) is 35.9 Å². The van der Waals surface area contributed by atoms with E-state index in [0.29, 0.717) is 11.0 Å². The zero-order chi connectivity index (χ0) is 16.2. The number of aliphatic hydroxyl groups excluding tert-OH is 1. The van der Waals surface area contributed by atoms with Crippen LogP contribution in [0.3, 0.4) is 0 Å². The van der Waals surface area contributed by atoms with Crippen LogP contribution >= 0.6 is 0 Å². The first-order valence-corrected chi connectivity index (χ1v) is 5.64. The van der Waals surface area contributed by atoms with Crippen molar-refractivity contribution in [1.82, 2.24) is 0 Å². The summed E-state index contributed by atoms with van der Waals surface area (Å²) in [6.45, 7) is -2.77. The van der Waals surface area contributed by atoms with Crippen molar-refractivity contribution < 1.29 is 32.0 Å². The van der Waals surface area contributed by atoms with Crippen LogP contribution in [-0.2, 0) is 0 Å². The highest BCUT2D eigenvalue weighted by molar-refractivity contribution is 5.58. The van der Waals surface area contributed by atoms with Crippen LogP contribution in [0.2, 0.25) is 0 Å². The summed E-state index contributed by atoms with van der Waals surface area (Å²) in [5.74, 6) is 0. The molecule has 21 heavy (non-hydrogen) atoms. The predicted molar refractivity (Wildman–Crippen MR) is 63.4 cm³/mol. The zero-order valence-electron chi connectivity index (χ0n) is 10.5. The van der Waals surface area contributed by atoms with Gasteiger partial charge in [0.05, 0.1) is 11.5 Å². The first-order valence-electron chi connectivity index (χ1n) is 5.64. The Kier molecular flexibility index (Phi) is 5.41. The second-order valence-electron chi connectivity index (χ2n) is 4.06. The highest BCUT2D eigenvalue weighted by Crippen LogP contribution is 2.34. The number of non-ortho nitro benzene ring substituents is 1. The fourth-order valence-corrected chi connectivity index (χ4v) is 1.74. The van der Waals surface area contributed by atoms with E-state index in [0.717, 1.165) is 12.1 Å². The molecule has 118 valence electrons. The molecular weight excluding hydrogens is 303 g/mol. The second-order valence-corrected chi connectivity index (χ2v) is 4.06. The second kappa shape index (κ2) is 6.66. The minimum absolute atomic E-state index is 0.498. The van der Waals surface area contributed by atoms with Crippen molar-refractivity contribution in [2.45, 2.75) is 12.6 Å². The number of halogens is 5. The Hall–Kier alpha value is -1.97. The number of nitro benzene ring substituents is 1. The van der Waals surface area contributed by atoms with E-state index in [4.69, 9.17) is 5.11 Å². The van der Waals surface area contributed by atoms with Crippen molar-refractivity contribution in [1.29, 1.82) is 0 Å². The molecular formula is C11H11F5N2O3. The van der Waals surface area contributed by atoms with Gasteiger partial charge in [-0.15, -0.1) is 0 Å². The van der Waals surface area contributed by atoms with Gasteiger partial charge >= 0.3 is 6.18 Å². The molecule has 1 aromatic rings. The fraction of sp³-hybridized carbons (Fsp3) is 0.455. The number of nitro groups is 1. The molecule has 1 aromatic carbocycles. The molecule has 0 bridgehead atoms. The largest absolute Gasteiger partial charge is 0.405 e. The Morgan fingerprint density at radius 3 is 2.38 bits per heavy atom. The van der Waals surface area contributed by atoms with Crippen molar-refractivity contribution >= 4 is 11.4 Å². The maximum atomic E-state index is 12.9. The maximum absolute atomic E-state index is 12.9. The summed E-state index contributed by atoms with van der Waals surface area (Å²) in [5, 5.41) is 19.3. The SMILES string of the molecule is O=[N+]([O-])c1ccc(N(CCO)CC(F)(F)F)c(C(F)F)c1. The van der Waals surface area contributed by atoms with Gasteiger partial charge in [-0.05, 0) is 6.07 Å². The molecule has 0 aromatic heterocycles. The molecule has 0 atom stereocenters. The van der Waals surface area contributed by atoms with Gasteiger partial charge in [0.25, 0.3) is 12.1 Å². The lowest BCUT2D eigenvalue weighted by Gasteiger charge is -2.27. The number of aliphatic hydroxyl groups is 1. The molecule has 0 radical (unpaired) electrons. The van der Waals surface area contributed by atoms with Crippen molar-refractivity contribution in [2.75, 3.05) is 24.6 Å². The summed E-state index contributed by atoms with van der Waals surface area (Å²) in [7, 11) is 0. The lowest BCUT2D eigenvalue weighted by molar-refractivity contribution is -0.385. The topological polar surface area (TPSA) is 66.6 Å². The Labute approximate surface area is 115 Å². The molecule has 0 unspecified atom stereocenters. The predicted octanol–water partition coefficient (Wildman–Crippen LogP) is 2.89. The molecule has 0 spiro atoms. The molecule has 0 aliphatic rings. The summed E-state index contributed by atoms with van der Waals surface area (Å²) < 4.78 is 63.1. The van der Waals surface area contributed by atoms with Crippen LogP contribution in [0.1, 0.15) is 12.0 Å². The molecule has 0 saturated carbocycles. The smallest absolute Gasteiger partial charge is 0.395 e. The lowest BCUT2D eigenvalue weighted by atomic mass is 10.1. The van der Waals surface area contributed by atoms with E-state index in [1.807, 2.05) is 0 Å². The molecule has 0 aliphatic carbocycles. The fourth-order valence-electron chi connectivity index (χ4n) is 1.74. The molecule has 0 aliphatic heterocycles. The molecule has 0 heterocycles. The summed E-state index contributed by atoms with van der Waals surface area (Å²) in [6, 6.07) is 2.18. The number of anilines is 1. The van der Waals surface area contributed by atoms with Crippen LogP contribution < -0.4 is 4.90 Å². The van der Waals surface area contributed by atoms with Crippen LogP contribution in [0.4, 0.5) is 33.3 Å². The lowest BCUT2D eigenvalue weighted by Crippen LogP contribution is -2.36. The van der Waals surface area contributed by atoms with E-state index in [1.54, 1.807) is 0 Å². The Balaban J connectivity index is 3.26. The average molecular weight is 314 g/mol. The van der Waals surface area contributed by atoms with E-state index >= 15 is 0 Å². The molecule has 5 nitrogen and oxygen atoms in total. The van der Waals surface area contributed by atoms with Gasteiger partial charge in [-0.2, -0.15) is 13.2 Å². The van der Waals surface area contributed by atoms with Gasteiger partial charge in [0.2, 0.25) is 0 Å². The summed E-state index contributed by atoms with van der Waals surface area (Å²) in [5.41, 5.74) is -2.03. The van der Waals surface area contributed by atoms with Crippen LogP contribution in [0, 0.1) is 10.1 Å². The maximum Gasteiger partial charge on any atom is 0.405 e. The first-order chi connectivity index (χ1) is 9.65. The van der Waals surface area contributed by atoms with Crippen molar-refractivity contribution in [2.24, 2.45) is 0 Å². The third-order valence-corrected chi connectivity index (χ3v) is 2.54. The summed E-state index contributed by atoms with van der Waals surface area (Å²) >= 11 is 0. The Bertz CT molecular complexity index is 507. The van der Waals surface area contributed by atoms with Crippen molar-refractivity contribution in [3.63, 3.8) is 0 Å². The van der Waals surface area contributed by atoms with E-state index in [-0.39, 0.29) is 0 Å².